The van der Waals surface area contributed by atoms with E-state index in [1.54, 1.807) is 0 Å². The molecule has 1 saturated heterocycles. The Morgan fingerprint density at radius 1 is 1.47 bits per heavy atom. The van der Waals surface area contributed by atoms with Crippen molar-refractivity contribution >= 4 is 23.2 Å². The summed E-state index contributed by atoms with van der Waals surface area (Å²) in [5, 5.41) is 2.70. The van der Waals surface area contributed by atoms with Gasteiger partial charge in [0.15, 0.2) is 0 Å². The Hall–Kier alpha value is -1.34. The zero-order chi connectivity index (χ0) is 13.5. The Bertz CT molecular complexity index is 504. The van der Waals surface area contributed by atoms with E-state index in [0.29, 0.717) is 24.9 Å². The number of ether oxygens (including phenoxy) is 2. The van der Waals surface area contributed by atoms with Gasteiger partial charge in [-0.05, 0) is 25.7 Å². The van der Waals surface area contributed by atoms with Crippen LogP contribution in [0.2, 0.25) is 0 Å². The van der Waals surface area contributed by atoms with Crippen LogP contribution < -0.4 is 11.5 Å². The number of hydrogen-bond donors (Lipinski definition) is 2. The minimum absolute atomic E-state index is 0.217. The molecule has 0 radical (unpaired) electrons. The van der Waals surface area contributed by atoms with Gasteiger partial charge in [-0.1, -0.05) is 0 Å². The second kappa shape index (κ2) is 4.64. The van der Waals surface area contributed by atoms with Crippen LogP contribution in [0.5, 0.6) is 0 Å². The van der Waals surface area contributed by atoms with Gasteiger partial charge in [0.25, 0.3) is 6.02 Å². The fourth-order valence-corrected chi connectivity index (χ4v) is 3.75. The van der Waals surface area contributed by atoms with Gasteiger partial charge in [-0.3, -0.25) is 0 Å². The van der Waals surface area contributed by atoms with Crippen LogP contribution in [0.1, 0.15) is 24.8 Å². The molecule has 1 fully saturated rings. The predicted molar refractivity (Wildman–Crippen MR) is 73.9 cm³/mol. The first-order valence-electron chi connectivity index (χ1n) is 6.41. The predicted octanol–water partition coefficient (Wildman–Crippen LogP) is 1.08. The van der Waals surface area contributed by atoms with Crippen LogP contribution in [0.15, 0.2) is 10.4 Å². The molecule has 3 heterocycles. The summed E-state index contributed by atoms with van der Waals surface area (Å²) < 4.78 is 11.2. The largest absolute Gasteiger partial charge is 0.465 e. The number of fused-ring (bicyclic) bond motifs is 1. The normalized spacial score (nSPS) is 34.9. The van der Waals surface area contributed by atoms with Crippen molar-refractivity contribution in [2.24, 2.45) is 16.6 Å². The van der Waals surface area contributed by atoms with Crippen molar-refractivity contribution in [1.29, 1.82) is 0 Å². The highest BCUT2D eigenvalue weighted by molar-refractivity contribution is 7.10. The lowest BCUT2D eigenvalue weighted by molar-refractivity contribution is -0.0539. The summed E-state index contributed by atoms with van der Waals surface area (Å²) in [4.78, 5) is 9.00. The highest BCUT2D eigenvalue weighted by Crippen LogP contribution is 2.45. The molecule has 4 N–H and O–H groups in total. The second-order valence-corrected chi connectivity index (χ2v) is 6.00. The number of nitrogens with two attached hydrogens (primary N) is 2. The molecular formula is C12H18N4O2S. The van der Waals surface area contributed by atoms with Crippen LogP contribution in [0.3, 0.4) is 0 Å². The average molecular weight is 282 g/mol. The highest BCUT2D eigenvalue weighted by atomic mass is 32.1. The molecule has 2 aliphatic rings. The number of aromatic nitrogens is 1. The van der Waals surface area contributed by atoms with Crippen LogP contribution in [0.25, 0.3) is 0 Å². The van der Waals surface area contributed by atoms with E-state index in [0.717, 1.165) is 17.8 Å². The summed E-state index contributed by atoms with van der Waals surface area (Å²) in [6, 6.07) is 0.217. The SMILES string of the molecule is C[C@H]1C[C@H]2CCOC(N)=N[C@@]2(c2nc(N)cs2)CO1. The smallest absolute Gasteiger partial charge is 0.282 e. The van der Waals surface area contributed by atoms with Crippen LogP contribution in [-0.2, 0) is 15.0 Å². The van der Waals surface area contributed by atoms with Gasteiger partial charge in [0.2, 0.25) is 0 Å². The fourth-order valence-electron chi connectivity index (χ4n) is 2.83. The molecule has 0 aromatic carbocycles. The van der Waals surface area contributed by atoms with Gasteiger partial charge in [-0.15, -0.1) is 11.3 Å². The van der Waals surface area contributed by atoms with Gasteiger partial charge in [-0.25, -0.2) is 9.98 Å². The number of anilines is 1. The number of thiazole rings is 1. The molecule has 0 amide bonds. The maximum Gasteiger partial charge on any atom is 0.282 e. The van der Waals surface area contributed by atoms with E-state index in [1.807, 2.05) is 5.38 Å². The standard InChI is InChI=1S/C12H18N4O2S/c1-7-4-8-2-3-17-11(14)16-12(8,6-18-7)10-15-9(13)5-19-10/h5,7-8H,2-4,6,13H2,1H3,(H2,14,16)/t7-,8+,12-/m0/s1. The summed E-state index contributed by atoms with van der Waals surface area (Å²) in [5.74, 6) is 0.841. The topological polar surface area (TPSA) is 95.8 Å². The van der Waals surface area contributed by atoms with Crippen molar-refractivity contribution in [2.45, 2.75) is 31.4 Å². The first kappa shape index (κ1) is 12.7. The van der Waals surface area contributed by atoms with Gasteiger partial charge in [-0.2, -0.15) is 0 Å². The van der Waals surface area contributed by atoms with Crippen LogP contribution in [0.4, 0.5) is 5.82 Å². The molecule has 3 rings (SSSR count). The van der Waals surface area contributed by atoms with Crippen LogP contribution >= 0.6 is 11.3 Å². The molecule has 3 atom stereocenters. The molecule has 1 aromatic rings. The van der Waals surface area contributed by atoms with Crippen LogP contribution in [-0.4, -0.2) is 30.3 Å². The Balaban J connectivity index is 2.06. The molecule has 104 valence electrons. The molecule has 0 aliphatic carbocycles. The number of rotatable bonds is 1. The molecule has 0 spiro atoms. The minimum atomic E-state index is -0.532. The number of nitrogens with zero attached hydrogens (tertiary/aromatic N) is 2. The quantitative estimate of drug-likeness (QED) is 0.803. The first-order chi connectivity index (χ1) is 9.10. The lowest BCUT2D eigenvalue weighted by Gasteiger charge is -2.40. The van der Waals surface area contributed by atoms with Gasteiger partial charge in [0, 0.05) is 5.38 Å². The molecular weight excluding hydrogens is 264 g/mol. The van der Waals surface area contributed by atoms with Crippen molar-refractivity contribution < 1.29 is 9.47 Å². The lowest BCUT2D eigenvalue weighted by atomic mass is 9.78. The average Bonchev–Trinajstić information content (AvgIpc) is 2.72. The van der Waals surface area contributed by atoms with E-state index in [9.17, 15) is 0 Å². The van der Waals surface area contributed by atoms with Gasteiger partial charge < -0.3 is 20.9 Å². The van der Waals surface area contributed by atoms with E-state index >= 15 is 0 Å². The van der Waals surface area contributed by atoms with Gasteiger partial charge in [0.1, 0.15) is 16.4 Å². The Morgan fingerprint density at radius 3 is 3.05 bits per heavy atom. The highest BCUT2D eigenvalue weighted by Gasteiger charge is 2.48. The van der Waals surface area contributed by atoms with Gasteiger partial charge >= 0.3 is 0 Å². The molecule has 0 unspecified atom stereocenters. The Kier molecular flexibility index (Phi) is 3.10. The maximum absolute atomic E-state index is 5.83. The van der Waals surface area contributed by atoms with Crippen molar-refractivity contribution in [3.63, 3.8) is 0 Å². The summed E-state index contributed by atoms with van der Waals surface area (Å²) >= 11 is 1.51. The number of amidine groups is 1. The van der Waals surface area contributed by atoms with E-state index in [-0.39, 0.29) is 12.1 Å². The Morgan fingerprint density at radius 2 is 2.32 bits per heavy atom. The molecule has 0 bridgehead atoms. The molecule has 6 nitrogen and oxygen atoms in total. The molecule has 1 aromatic heterocycles. The van der Waals surface area contributed by atoms with E-state index in [4.69, 9.17) is 20.9 Å². The lowest BCUT2D eigenvalue weighted by Crippen LogP contribution is -2.45. The zero-order valence-electron chi connectivity index (χ0n) is 10.8. The molecule has 0 saturated carbocycles. The second-order valence-electron chi connectivity index (χ2n) is 5.14. The van der Waals surface area contributed by atoms with Crippen molar-refractivity contribution in [3.05, 3.63) is 10.4 Å². The summed E-state index contributed by atoms with van der Waals surface area (Å²) in [7, 11) is 0. The maximum atomic E-state index is 5.83. The molecule has 7 heteroatoms. The number of aliphatic imine (C=N–C) groups is 1. The minimum Gasteiger partial charge on any atom is -0.465 e. The van der Waals surface area contributed by atoms with E-state index in [1.165, 1.54) is 11.3 Å². The molecule has 2 aliphatic heterocycles. The fraction of sp³-hybridized carbons (Fsp3) is 0.667. The van der Waals surface area contributed by atoms with Crippen molar-refractivity contribution in [2.75, 3.05) is 18.9 Å². The van der Waals surface area contributed by atoms with Gasteiger partial charge in [0.05, 0.1) is 19.3 Å². The molecule has 19 heavy (non-hydrogen) atoms. The number of hydrogen-bond acceptors (Lipinski definition) is 7. The number of nitrogen functional groups attached to an aromatic ring is 1. The monoisotopic (exact) mass is 282 g/mol. The summed E-state index contributed by atoms with van der Waals surface area (Å²) in [6.07, 6.45) is 2.06. The summed E-state index contributed by atoms with van der Waals surface area (Å²) in [5.41, 5.74) is 11.0. The van der Waals surface area contributed by atoms with Crippen molar-refractivity contribution in [3.8, 4) is 0 Å². The summed E-state index contributed by atoms with van der Waals surface area (Å²) in [6.45, 7) is 3.16. The third-order valence-electron chi connectivity index (χ3n) is 3.80. The third-order valence-corrected chi connectivity index (χ3v) is 4.83. The zero-order valence-corrected chi connectivity index (χ0v) is 11.7. The van der Waals surface area contributed by atoms with E-state index < -0.39 is 5.54 Å². The third kappa shape index (κ3) is 2.17. The van der Waals surface area contributed by atoms with E-state index in [2.05, 4.69) is 16.9 Å². The van der Waals surface area contributed by atoms with Crippen molar-refractivity contribution in [1.82, 2.24) is 4.98 Å². The Labute approximate surface area is 115 Å². The van der Waals surface area contributed by atoms with Crippen LogP contribution in [0, 0.1) is 5.92 Å². The first-order valence-corrected chi connectivity index (χ1v) is 7.29.